The van der Waals surface area contributed by atoms with E-state index in [1.807, 2.05) is 31.2 Å². The van der Waals surface area contributed by atoms with Crippen LogP contribution in [0.1, 0.15) is 15.9 Å². The number of hydrogen-bond acceptors (Lipinski definition) is 2. The molecule has 0 saturated heterocycles. The Bertz CT molecular complexity index is 602. The van der Waals surface area contributed by atoms with E-state index in [1.54, 1.807) is 12.1 Å². The van der Waals surface area contributed by atoms with Gasteiger partial charge in [0.25, 0.3) is 0 Å². The summed E-state index contributed by atoms with van der Waals surface area (Å²) in [6.07, 6.45) is 0. The van der Waals surface area contributed by atoms with Gasteiger partial charge < -0.3 is 0 Å². The third-order valence-corrected chi connectivity index (χ3v) is 2.88. The Hall–Kier alpha value is -1.67. The number of ketones is 2. The number of carbonyl (C=O) groups is 2. The number of carbonyl (C=O) groups excluding carboxylic acids is 2. The lowest BCUT2D eigenvalue weighted by Gasteiger charge is -2.02. The van der Waals surface area contributed by atoms with Gasteiger partial charge in [-0.2, -0.15) is 0 Å². The Morgan fingerprint density at radius 1 is 1.06 bits per heavy atom. The first kappa shape index (κ1) is 11.8. The van der Waals surface area contributed by atoms with Crippen LogP contribution in [0.2, 0.25) is 0 Å². The standard InChI is InChI=1S/C14H11ClO2/c1-9-2-3-11-7-12(5-4-10(11)6-9)14(17)13(16)8-15/h2-7H,8H2,1H3. The third-order valence-electron chi connectivity index (χ3n) is 2.63. The maximum absolute atomic E-state index is 11.7. The maximum atomic E-state index is 11.7. The molecule has 0 N–H and O–H groups in total. The Labute approximate surface area is 104 Å². The second-order valence-electron chi connectivity index (χ2n) is 3.95. The van der Waals surface area contributed by atoms with Crippen molar-refractivity contribution >= 4 is 33.9 Å². The molecule has 2 aromatic carbocycles. The van der Waals surface area contributed by atoms with Gasteiger partial charge in [0, 0.05) is 5.56 Å². The Morgan fingerprint density at radius 2 is 1.71 bits per heavy atom. The molecule has 2 nitrogen and oxygen atoms in total. The predicted octanol–water partition coefficient (Wildman–Crippen LogP) is 3.14. The van der Waals surface area contributed by atoms with Crippen molar-refractivity contribution in [1.82, 2.24) is 0 Å². The van der Waals surface area contributed by atoms with Gasteiger partial charge in [-0.1, -0.05) is 35.9 Å². The number of fused-ring (bicyclic) bond motifs is 1. The van der Waals surface area contributed by atoms with Gasteiger partial charge in [0.1, 0.15) is 0 Å². The first-order valence-corrected chi connectivity index (χ1v) is 5.79. The summed E-state index contributed by atoms with van der Waals surface area (Å²) in [7, 11) is 0. The van der Waals surface area contributed by atoms with Crippen molar-refractivity contribution in [3.05, 3.63) is 47.5 Å². The van der Waals surface area contributed by atoms with Crippen LogP contribution in [0.15, 0.2) is 36.4 Å². The summed E-state index contributed by atoms with van der Waals surface area (Å²) in [6, 6.07) is 11.2. The van der Waals surface area contributed by atoms with Gasteiger partial charge in [-0.05, 0) is 23.8 Å². The molecule has 0 fully saturated rings. The van der Waals surface area contributed by atoms with E-state index < -0.39 is 11.6 Å². The number of Topliss-reactive ketones (excluding diaryl/α,β-unsaturated/α-hetero) is 2. The van der Waals surface area contributed by atoms with Crippen molar-refractivity contribution in [1.29, 1.82) is 0 Å². The Kier molecular flexibility index (Phi) is 3.25. The van der Waals surface area contributed by atoms with Crippen LogP contribution >= 0.6 is 11.6 Å². The molecule has 3 heteroatoms. The van der Waals surface area contributed by atoms with E-state index in [9.17, 15) is 9.59 Å². The summed E-state index contributed by atoms with van der Waals surface area (Å²) in [5, 5.41) is 2.00. The van der Waals surface area contributed by atoms with Crippen molar-refractivity contribution in [3.63, 3.8) is 0 Å². The highest BCUT2D eigenvalue weighted by Gasteiger charge is 2.14. The number of rotatable bonds is 3. The lowest BCUT2D eigenvalue weighted by molar-refractivity contribution is -0.112. The molecular weight excluding hydrogens is 236 g/mol. The van der Waals surface area contributed by atoms with E-state index in [-0.39, 0.29) is 5.88 Å². The molecule has 17 heavy (non-hydrogen) atoms. The summed E-state index contributed by atoms with van der Waals surface area (Å²) in [6.45, 7) is 2.01. The molecule has 0 saturated carbocycles. The molecule has 0 spiro atoms. The van der Waals surface area contributed by atoms with Crippen LogP contribution < -0.4 is 0 Å². The summed E-state index contributed by atoms with van der Waals surface area (Å²) in [5.74, 6) is -1.37. The molecule has 0 atom stereocenters. The minimum absolute atomic E-state index is 0.273. The third kappa shape index (κ3) is 2.37. The average molecular weight is 247 g/mol. The SMILES string of the molecule is Cc1ccc2cc(C(=O)C(=O)CCl)ccc2c1. The van der Waals surface area contributed by atoms with Crippen molar-refractivity contribution in [2.24, 2.45) is 0 Å². The first-order chi connectivity index (χ1) is 8.11. The fourth-order valence-corrected chi connectivity index (χ4v) is 1.85. The molecule has 2 aromatic rings. The molecule has 86 valence electrons. The van der Waals surface area contributed by atoms with E-state index in [0.29, 0.717) is 5.56 Å². The molecule has 0 heterocycles. The molecule has 0 radical (unpaired) electrons. The largest absolute Gasteiger partial charge is 0.289 e. The Balaban J connectivity index is 2.48. The number of benzene rings is 2. The van der Waals surface area contributed by atoms with Crippen molar-refractivity contribution < 1.29 is 9.59 Å². The minimum Gasteiger partial charge on any atom is -0.289 e. The zero-order valence-electron chi connectivity index (χ0n) is 9.37. The maximum Gasteiger partial charge on any atom is 0.229 e. The monoisotopic (exact) mass is 246 g/mol. The van der Waals surface area contributed by atoms with E-state index >= 15 is 0 Å². The lowest BCUT2D eigenvalue weighted by atomic mass is 10.0. The molecule has 2 rings (SSSR count). The molecule has 0 unspecified atom stereocenters. The summed E-state index contributed by atoms with van der Waals surface area (Å²) < 4.78 is 0. The summed E-state index contributed by atoms with van der Waals surface area (Å²) in [5.41, 5.74) is 1.56. The van der Waals surface area contributed by atoms with Crippen LogP contribution in [0, 0.1) is 6.92 Å². The van der Waals surface area contributed by atoms with E-state index in [4.69, 9.17) is 11.6 Å². The first-order valence-electron chi connectivity index (χ1n) is 5.26. The molecule has 0 bridgehead atoms. The van der Waals surface area contributed by atoms with Crippen LogP contribution in [0.4, 0.5) is 0 Å². The second kappa shape index (κ2) is 4.68. The highest BCUT2D eigenvalue weighted by Crippen LogP contribution is 2.18. The zero-order valence-corrected chi connectivity index (χ0v) is 10.1. The van der Waals surface area contributed by atoms with Gasteiger partial charge in [-0.15, -0.1) is 11.6 Å². The summed E-state index contributed by atoms with van der Waals surface area (Å²) >= 11 is 5.37. The highest BCUT2D eigenvalue weighted by atomic mass is 35.5. The molecular formula is C14H11ClO2. The van der Waals surface area contributed by atoms with Gasteiger partial charge in [0.05, 0.1) is 5.88 Å². The van der Waals surface area contributed by atoms with E-state index in [1.165, 1.54) is 0 Å². The molecule has 0 aliphatic rings. The Morgan fingerprint density at radius 3 is 2.41 bits per heavy atom. The van der Waals surface area contributed by atoms with Crippen LogP contribution in [0.3, 0.4) is 0 Å². The molecule has 0 amide bonds. The second-order valence-corrected chi connectivity index (χ2v) is 4.22. The van der Waals surface area contributed by atoms with Gasteiger partial charge >= 0.3 is 0 Å². The predicted molar refractivity (Wildman–Crippen MR) is 68.7 cm³/mol. The van der Waals surface area contributed by atoms with E-state index in [2.05, 4.69) is 0 Å². The van der Waals surface area contributed by atoms with Crippen LogP contribution in [-0.4, -0.2) is 17.4 Å². The van der Waals surface area contributed by atoms with Crippen molar-refractivity contribution in [2.45, 2.75) is 6.92 Å². The number of hydrogen-bond donors (Lipinski definition) is 0. The van der Waals surface area contributed by atoms with Crippen LogP contribution in [0.5, 0.6) is 0 Å². The molecule has 0 aliphatic heterocycles. The van der Waals surface area contributed by atoms with Crippen LogP contribution in [0.25, 0.3) is 10.8 Å². The molecule has 0 aliphatic carbocycles. The van der Waals surface area contributed by atoms with Gasteiger partial charge in [-0.3, -0.25) is 9.59 Å². The van der Waals surface area contributed by atoms with E-state index in [0.717, 1.165) is 16.3 Å². The van der Waals surface area contributed by atoms with Crippen molar-refractivity contribution in [2.75, 3.05) is 5.88 Å². The van der Waals surface area contributed by atoms with Gasteiger partial charge in [-0.25, -0.2) is 0 Å². The lowest BCUT2D eigenvalue weighted by Crippen LogP contribution is -2.15. The smallest absolute Gasteiger partial charge is 0.229 e. The van der Waals surface area contributed by atoms with Crippen molar-refractivity contribution in [3.8, 4) is 0 Å². The van der Waals surface area contributed by atoms with Crippen LogP contribution in [-0.2, 0) is 4.79 Å². The van der Waals surface area contributed by atoms with Gasteiger partial charge in [0.2, 0.25) is 11.6 Å². The fourth-order valence-electron chi connectivity index (χ4n) is 1.73. The zero-order chi connectivity index (χ0) is 12.4. The minimum atomic E-state index is -0.571. The number of aryl methyl sites for hydroxylation is 1. The number of halogens is 1. The topological polar surface area (TPSA) is 34.1 Å². The highest BCUT2D eigenvalue weighted by molar-refractivity contribution is 6.51. The fraction of sp³-hybridized carbons (Fsp3) is 0.143. The quantitative estimate of drug-likeness (QED) is 0.474. The summed E-state index contributed by atoms with van der Waals surface area (Å²) in [4.78, 5) is 22.9. The molecule has 0 aromatic heterocycles. The normalized spacial score (nSPS) is 10.5. The van der Waals surface area contributed by atoms with Gasteiger partial charge in [0.15, 0.2) is 0 Å². The average Bonchev–Trinajstić information content (AvgIpc) is 2.36. The number of alkyl halides is 1.